The first-order valence-electron chi connectivity index (χ1n) is 7.03. The Balaban J connectivity index is 1.57. The molecule has 9 heteroatoms. The molecule has 0 unspecified atom stereocenters. The number of anilines is 1. The monoisotopic (exact) mass is 308 g/mol. The molecule has 4 heterocycles. The van der Waals surface area contributed by atoms with E-state index in [1.807, 2.05) is 10.3 Å². The zero-order valence-electron chi connectivity index (χ0n) is 11.4. The molecule has 0 spiro atoms. The highest BCUT2D eigenvalue weighted by atomic mass is 32.1. The van der Waals surface area contributed by atoms with E-state index in [1.165, 1.54) is 11.3 Å². The number of fused-ring (bicyclic) bond motifs is 1. The second-order valence-corrected chi connectivity index (χ2v) is 6.28. The first-order valence-corrected chi connectivity index (χ1v) is 7.91. The van der Waals surface area contributed by atoms with Crippen molar-refractivity contribution in [3.8, 4) is 0 Å². The Morgan fingerprint density at radius 1 is 1.33 bits per heavy atom. The number of aromatic nitrogens is 2. The number of rotatable bonds is 3. The van der Waals surface area contributed by atoms with Gasteiger partial charge in [0.25, 0.3) is 4.96 Å². The van der Waals surface area contributed by atoms with Crippen molar-refractivity contribution in [3.63, 3.8) is 0 Å². The highest BCUT2D eigenvalue weighted by molar-refractivity contribution is 7.15. The number of thiazole rings is 1. The van der Waals surface area contributed by atoms with Crippen molar-refractivity contribution in [2.45, 2.75) is 6.04 Å². The molecule has 0 bridgehead atoms. The minimum atomic E-state index is -0.329. The van der Waals surface area contributed by atoms with Crippen LogP contribution in [0.15, 0.2) is 11.6 Å². The van der Waals surface area contributed by atoms with Crippen LogP contribution in [0.3, 0.4) is 0 Å². The molecule has 1 N–H and O–H groups in total. The first kappa shape index (κ1) is 13.0. The van der Waals surface area contributed by atoms with E-state index >= 15 is 0 Å². The third-order valence-electron chi connectivity index (χ3n) is 4.28. The van der Waals surface area contributed by atoms with Crippen LogP contribution in [0.25, 0.3) is 4.96 Å². The summed E-state index contributed by atoms with van der Waals surface area (Å²) >= 11 is 1.42. The van der Waals surface area contributed by atoms with E-state index in [0.717, 1.165) is 39.3 Å². The van der Waals surface area contributed by atoms with Gasteiger partial charge < -0.3 is 20.3 Å². The number of nitro groups is 1. The molecule has 112 valence electrons. The van der Waals surface area contributed by atoms with Crippen molar-refractivity contribution in [2.24, 2.45) is 0 Å². The summed E-state index contributed by atoms with van der Waals surface area (Å²) in [7, 11) is 0. The van der Waals surface area contributed by atoms with Crippen LogP contribution in [0.1, 0.15) is 0 Å². The molecule has 2 aromatic rings. The number of imidazole rings is 1. The number of nitrogens with one attached hydrogen (secondary N) is 1. The Labute approximate surface area is 125 Å². The second kappa shape index (κ2) is 4.93. The van der Waals surface area contributed by atoms with E-state index in [9.17, 15) is 10.1 Å². The van der Waals surface area contributed by atoms with Crippen molar-refractivity contribution in [3.05, 3.63) is 21.7 Å². The number of hydrogen-bond donors (Lipinski definition) is 1. The smallest absolute Gasteiger partial charge is 0.358 e. The maximum atomic E-state index is 11.4. The SMILES string of the molecule is O=[N+]([O-])c1c(N2CCN(C3CNC3)CC2)nc2sccn12. The molecule has 8 nitrogen and oxygen atoms in total. The maximum Gasteiger partial charge on any atom is 0.373 e. The normalized spacial score (nSPS) is 20.9. The lowest BCUT2D eigenvalue weighted by Crippen LogP contribution is -2.61. The van der Waals surface area contributed by atoms with Gasteiger partial charge >= 0.3 is 5.82 Å². The quantitative estimate of drug-likeness (QED) is 0.653. The topological polar surface area (TPSA) is 79.0 Å². The summed E-state index contributed by atoms with van der Waals surface area (Å²) in [4.78, 5) is 20.7. The van der Waals surface area contributed by atoms with Gasteiger partial charge in [0.05, 0.1) is 0 Å². The van der Waals surface area contributed by atoms with Gasteiger partial charge in [0.1, 0.15) is 6.20 Å². The molecule has 0 saturated carbocycles. The van der Waals surface area contributed by atoms with E-state index in [-0.39, 0.29) is 10.7 Å². The van der Waals surface area contributed by atoms with Gasteiger partial charge in [-0.1, -0.05) is 11.3 Å². The molecule has 4 rings (SSSR count). The Bertz CT molecular complexity index is 670. The fourth-order valence-corrected chi connectivity index (χ4v) is 3.68. The molecule has 0 radical (unpaired) electrons. The van der Waals surface area contributed by atoms with Crippen LogP contribution < -0.4 is 10.2 Å². The average molecular weight is 308 g/mol. The van der Waals surface area contributed by atoms with Gasteiger partial charge in [-0.05, 0) is 4.92 Å². The van der Waals surface area contributed by atoms with Gasteiger partial charge in [0.15, 0.2) is 0 Å². The zero-order chi connectivity index (χ0) is 14.4. The molecule has 2 saturated heterocycles. The van der Waals surface area contributed by atoms with Gasteiger partial charge in [-0.15, -0.1) is 0 Å². The summed E-state index contributed by atoms with van der Waals surface area (Å²) in [5.74, 6) is 0.600. The van der Waals surface area contributed by atoms with E-state index in [1.54, 1.807) is 10.6 Å². The summed E-state index contributed by atoms with van der Waals surface area (Å²) < 4.78 is 1.57. The molecule has 2 aliphatic heterocycles. The number of hydrogen-bond acceptors (Lipinski definition) is 7. The van der Waals surface area contributed by atoms with E-state index in [2.05, 4.69) is 15.2 Å². The highest BCUT2D eigenvalue weighted by Gasteiger charge is 2.32. The molecule has 0 aliphatic carbocycles. The standard InChI is InChI=1S/C12H16N6O2S/c19-18(20)11-10(14-12-17(11)5-6-21-12)16-3-1-15(2-4-16)9-7-13-8-9/h5-6,9,13H,1-4,7-8H2. The third kappa shape index (κ3) is 2.08. The second-order valence-electron chi connectivity index (χ2n) is 5.41. The molecular formula is C12H16N6O2S. The molecule has 2 aromatic heterocycles. The van der Waals surface area contributed by atoms with Crippen molar-refractivity contribution >= 4 is 27.9 Å². The molecule has 21 heavy (non-hydrogen) atoms. The van der Waals surface area contributed by atoms with Gasteiger partial charge in [-0.3, -0.25) is 4.90 Å². The summed E-state index contributed by atoms with van der Waals surface area (Å²) in [5, 5.41) is 16.5. The molecule has 2 fully saturated rings. The van der Waals surface area contributed by atoms with Gasteiger partial charge in [0, 0.05) is 50.7 Å². The number of piperazine rings is 1. The molecule has 0 aromatic carbocycles. The van der Waals surface area contributed by atoms with Crippen LogP contribution in [-0.2, 0) is 0 Å². The van der Waals surface area contributed by atoms with Crippen LogP contribution in [0.5, 0.6) is 0 Å². The Hall–Kier alpha value is -1.71. The molecule has 2 aliphatic rings. The van der Waals surface area contributed by atoms with Crippen LogP contribution in [0.4, 0.5) is 11.6 Å². The van der Waals surface area contributed by atoms with E-state index < -0.39 is 0 Å². The van der Waals surface area contributed by atoms with E-state index in [4.69, 9.17) is 0 Å². The van der Waals surface area contributed by atoms with Gasteiger partial charge in [0.2, 0.25) is 5.82 Å². The fourth-order valence-electron chi connectivity index (χ4n) is 2.97. The predicted octanol–water partition coefficient (Wildman–Crippen LogP) is 0.398. The van der Waals surface area contributed by atoms with Crippen molar-refractivity contribution in [1.29, 1.82) is 0 Å². The zero-order valence-corrected chi connectivity index (χ0v) is 12.3. The van der Waals surface area contributed by atoms with Crippen LogP contribution in [-0.4, -0.2) is 64.5 Å². The van der Waals surface area contributed by atoms with Crippen molar-refractivity contribution in [2.75, 3.05) is 44.2 Å². The molecule has 0 atom stereocenters. The first-order chi connectivity index (χ1) is 10.2. The average Bonchev–Trinajstić information content (AvgIpc) is 2.96. The largest absolute Gasteiger partial charge is 0.373 e. The Morgan fingerprint density at radius 2 is 2.10 bits per heavy atom. The minimum Gasteiger partial charge on any atom is -0.358 e. The molecule has 0 amide bonds. The third-order valence-corrected chi connectivity index (χ3v) is 5.04. The van der Waals surface area contributed by atoms with Gasteiger partial charge in [-0.2, -0.15) is 9.38 Å². The predicted molar refractivity (Wildman–Crippen MR) is 80.2 cm³/mol. The van der Waals surface area contributed by atoms with Crippen LogP contribution >= 0.6 is 11.3 Å². The summed E-state index contributed by atoms with van der Waals surface area (Å²) in [5.41, 5.74) is 0. The van der Waals surface area contributed by atoms with Gasteiger partial charge in [-0.25, -0.2) is 0 Å². The highest BCUT2D eigenvalue weighted by Crippen LogP contribution is 2.31. The van der Waals surface area contributed by atoms with E-state index in [0.29, 0.717) is 16.8 Å². The summed E-state index contributed by atoms with van der Waals surface area (Å²) in [6.45, 7) is 5.58. The lowest BCUT2D eigenvalue weighted by molar-refractivity contribution is -0.389. The fraction of sp³-hybridized carbons (Fsp3) is 0.583. The maximum absolute atomic E-state index is 11.4. The van der Waals surface area contributed by atoms with Crippen molar-refractivity contribution in [1.82, 2.24) is 19.6 Å². The summed E-state index contributed by atoms with van der Waals surface area (Å²) in [6.07, 6.45) is 1.71. The van der Waals surface area contributed by atoms with Crippen molar-refractivity contribution < 1.29 is 4.92 Å². The summed E-state index contributed by atoms with van der Waals surface area (Å²) in [6, 6.07) is 0.632. The minimum absolute atomic E-state index is 0.0880. The van der Waals surface area contributed by atoms with Crippen LogP contribution in [0, 0.1) is 10.1 Å². The van der Waals surface area contributed by atoms with Crippen LogP contribution in [0.2, 0.25) is 0 Å². The Morgan fingerprint density at radius 3 is 2.71 bits per heavy atom. The molecular weight excluding hydrogens is 292 g/mol. The Kier molecular flexibility index (Phi) is 3.05. The number of nitrogens with zero attached hydrogens (tertiary/aromatic N) is 5. The lowest BCUT2D eigenvalue weighted by Gasteiger charge is -2.43. The lowest BCUT2D eigenvalue weighted by atomic mass is 10.1.